The van der Waals surface area contributed by atoms with Crippen LogP contribution in [0.2, 0.25) is 0 Å². The zero-order chi connectivity index (χ0) is 49.7. The second kappa shape index (κ2) is 66.8. The number of hydrogen-bond donors (Lipinski definition) is 6. The highest BCUT2D eigenvalue weighted by atomic mass is 16.6. The first-order chi connectivity index (χ1) is 31.7. The van der Waals surface area contributed by atoms with E-state index >= 15 is 0 Å². The Balaban J connectivity index is -0.000000169. The first-order valence-corrected chi connectivity index (χ1v) is 26.4. The molecule has 0 aromatic rings. The van der Waals surface area contributed by atoms with Crippen molar-refractivity contribution >= 4 is 0 Å². The maximum atomic E-state index is 9.04. The summed E-state index contributed by atoms with van der Waals surface area (Å²) in [6.07, 6.45) is 40.7. The van der Waals surface area contributed by atoms with E-state index in [1.54, 1.807) is 14.2 Å². The Hall–Kier alpha value is -0.440. The monoisotopic (exact) mass is 934 g/mol. The molecular weight excluding hydrogens is 813 g/mol. The molecule has 2 aliphatic heterocycles. The van der Waals surface area contributed by atoms with E-state index in [9.17, 15) is 0 Å². The van der Waals surface area contributed by atoms with Crippen molar-refractivity contribution in [2.45, 2.75) is 272 Å². The first-order valence-electron chi connectivity index (χ1n) is 27.4. The molecule has 0 saturated carbocycles. The SMILES string of the molecule is C.CCC(CO)OC.CCC(O)COC.CCCCCCCCCCC1CO1.CCCCCCCCCCCCO.CCCCCCCCCCCCOCC(O)CO.OCC1CO1.[2H][3H]. The fourth-order valence-corrected chi connectivity index (χ4v) is 6.16. The van der Waals surface area contributed by atoms with Crippen LogP contribution in [0.1, 0.15) is 244 Å². The lowest BCUT2D eigenvalue weighted by Crippen LogP contribution is -2.19. The quantitative estimate of drug-likeness (QED) is 0.0255. The van der Waals surface area contributed by atoms with E-state index in [0.717, 1.165) is 38.9 Å². The summed E-state index contributed by atoms with van der Waals surface area (Å²) in [7, 11) is 3.18. The fraction of sp³-hybridized carbons (Fsp3) is 1.00. The third-order valence-corrected chi connectivity index (χ3v) is 10.9. The maximum Gasteiger partial charge on any atom is 0.104 e. The van der Waals surface area contributed by atoms with E-state index < -0.39 is 6.10 Å². The molecular formula is C53H118O11. The van der Waals surface area contributed by atoms with Gasteiger partial charge in [-0.1, -0.05) is 209 Å². The van der Waals surface area contributed by atoms with Crippen LogP contribution < -0.4 is 0 Å². The van der Waals surface area contributed by atoms with Gasteiger partial charge in [-0.05, 0) is 32.1 Å². The number of epoxide rings is 2. The molecule has 396 valence electrons. The molecule has 64 heavy (non-hydrogen) atoms. The summed E-state index contributed by atoms with van der Waals surface area (Å²) >= 11 is 0. The molecule has 0 aromatic heterocycles. The number of ether oxygens (including phenoxy) is 5. The minimum Gasteiger partial charge on any atom is -0.396 e. The molecule has 2 heterocycles. The van der Waals surface area contributed by atoms with Crippen molar-refractivity contribution in [2.24, 2.45) is 0 Å². The molecule has 6 N–H and O–H groups in total. The van der Waals surface area contributed by atoms with Crippen molar-refractivity contribution in [3.8, 4) is 0 Å². The van der Waals surface area contributed by atoms with Crippen LogP contribution in [-0.2, 0) is 23.7 Å². The topological polar surface area (TPSA) is 174 Å². The van der Waals surface area contributed by atoms with Crippen LogP contribution in [0.5, 0.6) is 0 Å². The van der Waals surface area contributed by atoms with Gasteiger partial charge in [0.15, 0.2) is 0 Å². The van der Waals surface area contributed by atoms with Gasteiger partial charge in [0.1, 0.15) is 12.2 Å². The van der Waals surface area contributed by atoms with Crippen LogP contribution in [-0.4, -0.2) is 135 Å². The van der Waals surface area contributed by atoms with Gasteiger partial charge < -0.3 is 54.3 Å². The van der Waals surface area contributed by atoms with E-state index in [0.29, 0.717) is 25.9 Å². The largest absolute Gasteiger partial charge is 0.396 e. The van der Waals surface area contributed by atoms with Gasteiger partial charge in [-0.2, -0.15) is 0 Å². The van der Waals surface area contributed by atoms with E-state index in [-0.39, 0.29) is 52.2 Å². The standard InChI is InChI=1S/C15H32O3.C12H24O.C12H26O.2C5H12O2.C3H6O2.CH4.H2/c1-2-3-4-5-6-7-8-9-10-11-12-18-14-15(17)13-16;1-2-3-4-5-6-7-8-9-10-12-11-13-12;1-2-3-4-5-6-7-8-9-10-11-12-13;1-3-5(6)4-7-2;1-3-5(4-6)7-2;4-1-3-2-5-3;;/h15-17H,2-14H2,1H3;12H,2-11H2,1H3;13H,2-12H2,1H3;2*5-6H,3-4H2,1-2H3;3-4H,1-2H2;1H4;1H/i;;;;;;;1+2D. The van der Waals surface area contributed by atoms with Crippen LogP contribution in [0, 0.1) is 0 Å². The van der Waals surface area contributed by atoms with Crippen LogP contribution in [0.15, 0.2) is 0 Å². The van der Waals surface area contributed by atoms with Crippen LogP contribution >= 0.6 is 0 Å². The van der Waals surface area contributed by atoms with Crippen LogP contribution in [0.4, 0.5) is 0 Å². The smallest absolute Gasteiger partial charge is 0.104 e. The second-order valence-corrected chi connectivity index (χ2v) is 17.3. The van der Waals surface area contributed by atoms with Gasteiger partial charge in [-0.3, -0.25) is 0 Å². The number of unbranched alkanes of at least 4 members (excludes halogenated alkanes) is 25. The molecule has 0 aliphatic carbocycles. The van der Waals surface area contributed by atoms with Crippen LogP contribution in [0.3, 0.4) is 0 Å². The van der Waals surface area contributed by atoms with Crippen molar-refractivity contribution < 1.29 is 57.3 Å². The summed E-state index contributed by atoms with van der Waals surface area (Å²) in [6, 6.07) is 0. The van der Waals surface area contributed by atoms with E-state index in [2.05, 4.69) is 30.2 Å². The highest BCUT2D eigenvalue weighted by Gasteiger charge is 2.21. The molecule has 0 radical (unpaired) electrons. The normalized spacial score (nSPS) is 15.8. The Morgan fingerprint density at radius 1 is 0.516 bits per heavy atom. The van der Waals surface area contributed by atoms with Gasteiger partial charge in [-0.15, -0.1) is 0 Å². The lowest BCUT2D eigenvalue weighted by atomic mass is 10.1. The third kappa shape index (κ3) is 75.8. The van der Waals surface area contributed by atoms with Gasteiger partial charge in [0.25, 0.3) is 0 Å². The second-order valence-electron chi connectivity index (χ2n) is 17.3. The molecule has 0 spiro atoms. The Kier molecular flexibility index (Phi) is 73.2. The lowest BCUT2D eigenvalue weighted by Gasteiger charge is -2.07. The molecule has 11 heteroatoms. The summed E-state index contributed by atoms with van der Waals surface area (Å²) in [5, 5.41) is 51.4. The maximum absolute atomic E-state index is 9.04. The summed E-state index contributed by atoms with van der Waals surface area (Å²) in [6.45, 7) is 14.4. The van der Waals surface area contributed by atoms with Gasteiger partial charge in [0, 0.05) is 30.4 Å². The minimum absolute atomic E-state index is 0. The molecule has 0 bridgehead atoms. The highest BCUT2D eigenvalue weighted by Crippen LogP contribution is 2.18. The molecule has 0 aromatic carbocycles. The van der Waals surface area contributed by atoms with Crippen molar-refractivity contribution in [2.75, 3.05) is 73.7 Å². The van der Waals surface area contributed by atoms with Crippen molar-refractivity contribution in [1.29, 1.82) is 0 Å². The van der Waals surface area contributed by atoms with Gasteiger partial charge in [-0.25, -0.2) is 0 Å². The van der Waals surface area contributed by atoms with E-state index in [1.807, 2.05) is 13.8 Å². The fourth-order valence-electron chi connectivity index (χ4n) is 6.16. The number of rotatable bonds is 40. The third-order valence-electron chi connectivity index (χ3n) is 10.9. The Labute approximate surface area is 401 Å². The summed E-state index contributed by atoms with van der Waals surface area (Å²) in [5.74, 6) is 0. The number of aliphatic hydroxyl groups is 6. The number of methoxy groups -OCH3 is 2. The molecule has 5 unspecified atom stereocenters. The van der Waals surface area contributed by atoms with E-state index in [1.165, 1.54) is 173 Å². The Bertz CT molecular complexity index is 737. The predicted octanol–water partition coefficient (Wildman–Crippen LogP) is 12.2. The first kappa shape index (κ1) is 70.1. The lowest BCUT2D eigenvalue weighted by molar-refractivity contribution is 0.00526. The van der Waals surface area contributed by atoms with E-state index in [4.69, 9.17) is 47.8 Å². The molecule has 0 amide bonds. The molecule has 5 atom stereocenters. The Morgan fingerprint density at radius 2 is 0.906 bits per heavy atom. The average Bonchev–Trinajstić information content (AvgIpc) is 4.29. The van der Waals surface area contributed by atoms with Gasteiger partial charge in [0.2, 0.25) is 0 Å². The summed E-state index contributed by atoms with van der Waals surface area (Å²) in [4.78, 5) is 0. The van der Waals surface area contributed by atoms with Gasteiger partial charge in [0.05, 0.1) is 64.6 Å². The van der Waals surface area contributed by atoms with Crippen molar-refractivity contribution in [1.82, 2.24) is 0 Å². The zero-order valence-electron chi connectivity index (χ0n) is 44.9. The van der Waals surface area contributed by atoms with Crippen LogP contribution in [0.25, 0.3) is 0 Å². The molecule has 2 saturated heterocycles. The number of aliphatic hydroxyl groups excluding tert-OH is 6. The van der Waals surface area contributed by atoms with Crippen molar-refractivity contribution in [3.63, 3.8) is 0 Å². The average molecular weight is 935 g/mol. The molecule has 11 nitrogen and oxygen atoms in total. The zero-order valence-corrected chi connectivity index (χ0v) is 42.9. The van der Waals surface area contributed by atoms with Crippen molar-refractivity contribution in [3.05, 3.63) is 0 Å². The summed E-state index contributed by atoms with van der Waals surface area (Å²) < 4.78 is 34.5. The highest BCUT2D eigenvalue weighted by molar-refractivity contribution is 4.68. The molecule has 2 fully saturated rings. The van der Waals surface area contributed by atoms with Gasteiger partial charge >= 0.3 is 0 Å². The summed E-state index contributed by atoms with van der Waals surface area (Å²) in [5.41, 5.74) is 0. The predicted molar refractivity (Wildman–Crippen MR) is 274 cm³/mol. The minimum atomic E-state index is -0.715. The molecule has 2 rings (SSSR count). The number of hydrogen-bond acceptors (Lipinski definition) is 11. The molecule has 2 aliphatic rings. The Morgan fingerprint density at radius 3 is 1.16 bits per heavy atom.